The maximum atomic E-state index is 5.66. The van der Waals surface area contributed by atoms with Crippen LogP contribution >= 0.6 is 23.2 Å². The van der Waals surface area contributed by atoms with Gasteiger partial charge in [0, 0.05) is 0 Å². The van der Waals surface area contributed by atoms with Crippen LogP contribution in [0.1, 0.15) is 12.5 Å². The summed E-state index contributed by atoms with van der Waals surface area (Å²) in [6.07, 6.45) is 0.850. The highest BCUT2D eigenvalue weighted by Gasteiger charge is 2.07. The average molecular weight is 270 g/mol. The molecule has 1 heterocycles. The second-order valence-electron chi connectivity index (χ2n) is 3.22. The van der Waals surface area contributed by atoms with E-state index >= 15 is 0 Å². The molecule has 17 heavy (non-hydrogen) atoms. The van der Waals surface area contributed by atoms with E-state index in [2.05, 4.69) is 15.0 Å². The zero-order valence-electron chi connectivity index (χ0n) is 9.02. The lowest BCUT2D eigenvalue weighted by atomic mass is 10.1. The van der Waals surface area contributed by atoms with Gasteiger partial charge in [-0.2, -0.15) is 15.0 Å². The molecule has 2 aromatic rings. The SMILES string of the molecule is CCc1ccccc1Oc1nc(Cl)nc(Cl)n1. The zero-order chi connectivity index (χ0) is 12.3. The first-order chi connectivity index (χ1) is 8.19. The molecule has 0 saturated heterocycles. The van der Waals surface area contributed by atoms with Crippen molar-refractivity contribution in [2.75, 3.05) is 0 Å². The van der Waals surface area contributed by atoms with Crippen molar-refractivity contribution in [2.24, 2.45) is 0 Å². The summed E-state index contributed by atoms with van der Waals surface area (Å²) in [5.74, 6) is 0.688. The highest BCUT2D eigenvalue weighted by molar-refractivity contribution is 6.31. The molecule has 0 unspecified atom stereocenters. The molecule has 0 aliphatic heterocycles. The maximum absolute atomic E-state index is 5.66. The van der Waals surface area contributed by atoms with Gasteiger partial charge in [0.05, 0.1) is 0 Å². The standard InChI is InChI=1S/C11H9Cl2N3O/c1-2-7-5-3-4-6-8(7)17-11-15-9(12)14-10(13)16-11/h3-6H,2H2,1H3. The first kappa shape index (κ1) is 12.1. The van der Waals surface area contributed by atoms with E-state index in [0.717, 1.165) is 12.0 Å². The summed E-state index contributed by atoms with van der Waals surface area (Å²) in [6.45, 7) is 2.04. The maximum Gasteiger partial charge on any atom is 0.327 e. The summed E-state index contributed by atoms with van der Waals surface area (Å²) in [7, 11) is 0. The molecule has 0 amide bonds. The largest absolute Gasteiger partial charge is 0.424 e. The van der Waals surface area contributed by atoms with E-state index in [-0.39, 0.29) is 16.6 Å². The van der Waals surface area contributed by atoms with Crippen molar-refractivity contribution in [2.45, 2.75) is 13.3 Å². The molecule has 0 N–H and O–H groups in total. The summed E-state index contributed by atoms with van der Waals surface area (Å²) >= 11 is 11.3. The third-order valence-electron chi connectivity index (χ3n) is 2.12. The Morgan fingerprint density at radius 1 is 1.06 bits per heavy atom. The van der Waals surface area contributed by atoms with Gasteiger partial charge in [-0.3, -0.25) is 0 Å². The molecule has 0 saturated carbocycles. The molecule has 2 rings (SSSR count). The van der Waals surface area contributed by atoms with Gasteiger partial charge in [-0.15, -0.1) is 0 Å². The van der Waals surface area contributed by atoms with Crippen LogP contribution in [0, 0.1) is 0 Å². The molecule has 0 bridgehead atoms. The van der Waals surface area contributed by atoms with E-state index in [1.54, 1.807) is 0 Å². The lowest BCUT2D eigenvalue weighted by Crippen LogP contribution is -1.97. The molecule has 6 heteroatoms. The first-order valence-electron chi connectivity index (χ1n) is 5.02. The lowest BCUT2D eigenvalue weighted by molar-refractivity contribution is 0.435. The smallest absolute Gasteiger partial charge is 0.327 e. The quantitative estimate of drug-likeness (QED) is 0.855. The van der Waals surface area contributed by atoms with E-state index < -0.39 is 0 Å². The number of aromatic nitrogens is 3. The van der Waals surface area contributed by atoms with E-state index in [1.165, 1.54) is 0 Å². The Labute approximate surface area is 109 Å². The minimum atomic E-state index is 0.00831. The number of ether oxygens (including phenoxy) is 1. The van der Waals surface area contributed by atoms with Crippen LogP contribution in [-0.4, -0.2) is 15.0 Å². The summed E-state index contributed by atoms with van der Waals surface area (Å²) < 4.78 is 5.53. The number of nitrogens with zero attached hydrogens (tertiary/aromatic N) is 3. The van der Waals surface area contributed by atoms with Crippen molar-refractivity contribution in [3.63, 3.8) is 0 Å². The summed E-state index contributed by atoms with van der Waals surface area (Å²) in [5, 5.41) is 0.0166. The number of benzene rings is 1. The van der Waals surface area contributed by atoms with Gasteiger partial charge in [0.2, 0.25) is 10.6 Å². The fourth-order valence-electron chi connectivity index (χ4n) is 1.35. The summed E-state index contributed by atoms with van der Waals surface area (Å²) in [4.78, 5) is 11.3. The second kappa shape index (κ2) is 5.29. The van der Waals surface area contributed by atoms with Crippen molar-refractivity contribution in [1.29, 1.82) is 0 Å². The third kappa shape index (κ3) is 3.05. The lowest BCUT2D eigenvalue weighted by Gasteiger charge is -2.07. The Hall–Kier alpha value is -1.39. The van der Waals surface area contributed by atoms with Crippen LogP contribution in [0.25, 0.3) is 0 Å². The molecule has 0 spiro atoms. The third-order valence-corrected chi connectivity index (χ3v) is 2.45. The molecule has 0 aliphatic rings. The van der Waals surface area contributed by atoms with Crippen molar-refractivity contribution < 1.29 is 4.74 Å². The average Bonchev–Trinajstić information content (AvgIpc) is 2.28. The summed E-state index contributed by atoms with van der Waals surface area (Å²) in [5.41, 5.74) is 1.06. The van der Waals surface area contributed by atoms with Crippen LogP contribution in [0.4, 0.5) is 0 Å². The van der Waals surface area contributed by atoms with E-state index in [9.17, 15) is 0 Å². The van der Waals surface area contributed by atoms with Gasteiger partial charge in [0.1, 0.15) is 5.75 Å². The van der Waals surface area contributed by atoms with Gasteiger partial charge >= 0.3 is 6.01 Å². The number of rotatable bonds is 3. The molecule has 4 nitrogen and oxygen atoms in total. The number of aryl methyl sites for hydroxylation is 1. The molecule has 0 fully saturated rings. The minimum Gasteiger partial charge on any atom is -0.424 e. The normalized spacial score (nSPS) is 10.3. The highest BCUT2D eigenvalue weighted by atomic mass is 35.5. The number of para-hydroxylation sites is 1. The van der Waals surface area contributed by atoms with Gasteiger partial charge in [-0.05, 0) is 41.3 Å². The van der Waals surface area contributed by atoms with Crippen molar-refractivity contribution in [1.82, 2.24) is 15.0 Å². The fourth-order valence-corrected chi connectivity index (χ4v) is 1.70. The van der Waals surface area contributed by atoms with Crippen LogP contribution in [0.2, 0.25) is 10.6 Å². The highest BCUT2D eigenvalue weighted by Crippen LogP contribution is 2.24. The van der Waals surface area contributed by atoms with E-state index in [1.807, 2.05) is 31.2 Å². The number of hydrogen-bond donors (Lipinski definition) is 0. The van der Waals surface area contributed by atoms with Crippen molar-refractivity contribution >= 4 is 23.2 Å². The van der Waals surface area contributed by atoms with Crippen LogP contribution in [0.15, 0.2) is 24.3 Å². The van der Waals surface area contributed by atoms with Gasteiger partial charge in [-0.25, -0.2) is 0 Å². The predicted molar refractivity (Wildman–Crippen MR) is 65.7 cm³/mol. The summed E-state index contributed by atoms with van der Waals surface area (Å²) in [6, 6.07) is 7.72. The van der Waals surface area contributed by atoms with Crippen molar-refractivity contribution in [3.05, 3.63) is 40.4 Å². The number of hydrogen-bond acceptors (Lipinski definition) is 4. The molecule has 0 aliphatic carbocycles. The Kier molecular flexibility index (Phi) is 3.76. The van der Waals surface area contributed by atoms with Crippen LogP contribution in [-0.2, 0) is 6.42 Å². The fraction of sp³-hybridized carbons (Fsp3) is 0.182. The Morgan fingerprint density at radius 2 is 1.71 bits per heavy atom. The second-order valence-corrected chi connectivity index (χ2v) is 3.90. The Balaban J connectivity index is 2.31. The first-order valence-corrected chi connectivity index (χ1v) is 5.77. The van der Waals surface area contributed by atoms with Crippen LogP contribution in [0.5, 0.6) is 11.8 Å². The van der Waals surface area contributed by atoms with Crippen LogP contribution < -0.4 is 4.74 Å². The van der Waals surface area contributed by atoms with Crippen LogP contribution in [0.3, 0.4) is 0 Å². The molecule has 0 radical (unpaired) electrons. The number of halogens is 2. The molecule has 88 valence electrons. The molecule has 0 atom stereocenters. The predicted octanol–water partition coefficient (Wildman–Crippen LogP) is 3.53. The molecular formula is C11H9Cl2N3O. The van der Waals surface area contributed by atoms with Crippen molar-refractivity contribution in [3.8, 4) is 11.8 Å². The monoisotopic (exact) mass is 269 g/mol. The Bertz CT molecular complexity index is 514. The van der Waals surface area contributed by atoms with Gasteiger partial charge in [-0.1, -0.05) is 25.1 Å². The minimum absolute atomic E-state index is 0.00831. The Morgan fingerprint density at radius 3 is 2.35 bits per heavy atom. The zero-order valence-corrected chi connectivity index (χ0v) is 10.5. The molecular weight excluding hydrogens is 261 g/mol. The molecule has 1 aromatic carbocycles. The van der Waals surface area contributed by atoms with E-state index in [0.29, 0.717) is 5.75 Å². The van der Waals surface area contributed by atoms with Gasteiger partial charge in [0.25, 0.3) is 0 Å². The van der Waals surface area contributed by atoms with Gasteiger partial charge in [0.15, 0.2) is 0 Å². The molecule has 1 aromatic heterocycles. The topological polar surface area (TPSA) is 47.9 Å². The van der Waals surface area contributed by atoms with E-state index in [4.69, 9.17) is 27.9 Å². The van der Waals surface area contributed by atoms with Gasteiger partial charge < -0.3 is 4.74 Å².